The first-order valence-corrected chi connectivity index (χ1v) is 19.4. The van der Waals surface area contributed by atoms with Crippen LogP contribution in [0, 0.1) is 5.92 Å². The van der Waals surface area contributed by atoms with Gasteiger partial charge in [-0.2, -0.15) is 0 Å². The van der Waals surface area contributed by atoms with Crippen molar-refractivity contribution in [1.82, 2.24) is 36.9 Å². The highest BCUT2D eigenvalue weighted by molar-refractivity contribution is 6.35. The molecule has 0 spiro atoms. The number of aromatic nitrogens is 1. The minimum Gasteiger partial charge on any atom is -0.481 e. The summed E-state index contributed by atoms with van der Waals surface area (Å²) < 4.78 is 26.4. The molecule has 2 rings (SSSR count). The van der Waals surface area contributed by atoms with Crippen LogP contribution in [0.25, 0.3) is 10.9 Å². The molecule has 0 radical (unpaired) electrons. The maximum Gasteiger partial charge on any atom is 0.374 e. The Morgan fingerprint density at radius 2 is 1.04 bits per heavy atom. The first-order chi connectivity index (χ1) is 31.6. The number of fused-ring (bicyclic) bond motifs is 1. The summed E-state index contributed by atoms with van der Waals surface area (Å²) in [5, 5.41) is 77.6. The number of nitrogens with one attached hydrogen (secondary N) is 7. The molecule has 370 valence electrons. The lowest BCUT2D eigenvalue weighted by atomic mass is 9.97. The van der Waals surface area contributed by atoms with Crippen LogP contribution in [-0.2, 0) is 68.7 Å². The predicted molar refractivity (Wildman–Crippen MR) is 214 cm³/mol. The second-order valence-electron chi connectivity index (χ2n) is 14.5. The molecule has 0 saturated heterocycles. The fourth-order valence-corrected chi connectivity index (χ4v) is 6.27. The van der Waals surface area contributed by atoms with Crippen molar-refractivity contribution >= 4 is 93.9 Å². The van der Waals surface area contributed by atoms with Crippen molar-refractivity contribution in [2.75, 3.05) is 0 Å². The number of benzene rings is 1. The van der Waals surface area contributed by atoms with E-state index in [4.69, 9.17) is 5.11 Å². The number of alkyl halides is 2. The molecule has 0 bridgehead atoms. The number of carbonyl (C=O) groups excluding carboxylic acids is 7. The number of carboxylic acids is 7. The molecule has 6 atom stereocenters. The van der Waals surface area contributed by atoms with Crippen molar-refractivity contribution in [1.29, 1.82) is 0 Å². The predicted octanol–water partition coefficient (Wildman–Crippen LogP) is -3.36. The Kier molecular flexibility index (Phi) is 20.6. The fraction of sp³-hybridized carbons (Fsp3) is 0.421. The summed E-state index contributed by atoms with van der Waals surface area (Å²) >= 11 is 0. The van der Waals surface area contributed by atoms with Gasteiger partial charge in [-0.15, -0.1) is 0 Å². The van der Waals surface area contributed by atoms with Gasteiger partial charge in [0.15, 0.2) is 5.92 Å². The van der Waals surface area contributed by atoms with Gasteiger partial charge in [0.2, 0.25) is 41.9 Å². The van der Waals surface area contributed by atoms with Crippen LogP contribution in [0.2, 0.25) is 0 Å². The molecule has 30 heteroatoms. The molecule has 28 nitrogen and oxygen atoms in total. The Bertz CT molecular complexity index is 2320. The van der Waals surface area contributed by atoms with Crippen LogP contribution in [0.5, 0.6) is 0 Å². The number of aromatic carboxylic acids is 1. The van der Waals surface area contributed by atoms with Crippen LogP contribution in [0.15, 0.2) is 24.4 Å². The smallest absolute Gasteiger partial charge is 0.374 e. The summed E-state index contributed by atoms with van der Waals surface area (Å²) in [6.07, 6.45) is -10.5. The van der Waals surface area contributed by atoms with Crippen molar-refractivity contribution in [3.05, 3.63) is 35.5 Å². The third kappa shape index (κ3) is 17.1. The molecule has 0 aliphatic carbocycles. The fourth-order valence-electron chi connectivity index (χ4n) is 6.27. The Labute approximate surface area is 378 Å². The SMILES string of the molecule is CC(=O)N[C@@H](CC(=O)O)C(=O)N[C@H](CC(C(=O)O)C(=O)O)C(=O)N[C@@H](Cc1c[nH]c2cccc(C(=O)O)c12)C(=O)N[C@@H](CCC(=O)O)C(=O)N[C@@H](CC(=O)O)C(=O)N[C@@H](CC(F)F)C(=O)C(=O)O. The lowest BCUT2D eigenvalue weighted by molar-refractivity contribution is -0.156. The molecule has 68 heavy (non-hydrogen) atoms. The number of halogens is 2. The Balaban J connectivity index is 2.74. The minimum absolute atomic E-state index is 0.0882. The first-order valence-electron chi connectivity index (χ1n) is 19.4. The Hall–Kier alpha value is -8.60. The van der Waals surface area contributed by atoms with Crippen LogP contribution in [-0.4, -0.2) is 166 Å². The molecule has 1 heterocycles. The lowest BCUT2D eigenvalue weighted by Gasteiger charge is -2.27. The third-order valence-electron chi connectivity index (χ3n) is 9.40. The van der Waals surface area contributed by atoms with Gasteiger partial charge in [0.1, 0.15) is 36.3 Å². The molecule has 1 aromatic carbocycles. The highest BCUT2D eigenvalue weighted by Gasteiger charge is 2.39. The van der Waals surface area contributed by atoms with E-state index in [0.29, 0.717) is 0 Å². The lowest BCUT2D eigenvalue weighted by Crippen LogP contribution is -2.60. The molecule has 2 aromatic rings. The van der Waals surface area contributed by atoms with Gasteiger partial charge in [0.05, 0.1) is 18.4 Å². The van der Waals surface area contributed by atoms with E-state index in [-0.39, 0.29) is 22.0 Å². The van der Waals surface area contributed by atoms with Crippen molar-refractivity contribution in [3.8, 4) is 0 Å². The monoisotopic (exact) mass is 971 g/mol. The number of hydrogen-bond acceptors (Lipinski definition) is 14. The maximum absolute atomic E-state index is 14.2. The van der Waals surface area contributed by atoms with Crippen molar-refractivity contribution in [2.24, 2.45) is 5.92 Å². The van der Waals surface area contributed by atoms with E-state index in [1.54, 1.807) is 5.32 Å². The van der Waals surface area contributed by atoms with Crippen LogP contribution in [0.3, 0.4) is 0 Å². The number of carboxylic acid groups (broad SMARTS) is 7. The van der Waals surface area contributed by atoms with Gasteiger partial charge >= 0.3 is 41.8 Å². The van der Waals surface area contributed by atoms with Crippen LogP contribution >= 0.6 is 0 Å². The zero-order valence-corrected chi connectivity index (χ0v) is 35.0. The number of ketones is 1. The summed E-state index contributed by atoms with van der Waals surface area (Å²) in [6, 6.07) is -9.62. The van der Waals surface area contributed by atoms with Gasteiger partial charge in [-0.05, 0) is 24.1 Å². The van der Waals surface area contributed by atoms with E-state index in [1.165, 1.54) is 12.1 Å². The topological polar surface area (TPSA) is 469 Å². The quantitative estimate of drug-likeness (QED) is 0.0280. The number of H-pyrrole nitrogens is 1. The van der Waals surface area contributed by atoms with Gasteiger partial charge in [-0.25, -0.2) is 18.4 Å². The van der Waals surface area contributed by atoms with Gasteiger partial charge in [-0.3, -0.25) is 57.5 Å². The highest BCUT2D eigenvalue weighted by Crippen LogP contribution is 2.24. The van der Waals surface area contributed by atoms with Crippen molar-refractivity contribution in [3.63, 3.8) is 0 Å². The van der Waals surface area contributed by atoms with Gasteiger partial charge in [-0.1, -0.05) is 6.07 Å². The molecule has 1 aromatic heterocycles. The molecular formula is C38H43F2N7O21. The van der Waals surface area contributed by atoms with Crippen molar-refractivity contribution < 1.29 is 112 Å². The summed E-state index contributed by atoms with van der Waals surface area (Å²) in [6.45, 7) is 0.864. The normalized spacial score (nSPS) is 13.6. The minimum atomic E-state index is -3.40. The Morgan fingerprint density at radius 1 is 0.574 bits per heavy atom. The highest BCUT2D eigenvalue weighted by atomic mass is 19.3. The molecule has 14 N–H and O–H groups in total. The number of hydrogen-bond donors (Lipinski definition) is 14. The van der Waals surface area contributed by atoms with E-state index in [9.17, 15) is 107 Å². The summed E-state index contributed by atoms with van der Waals surface area (Å²) in [4.78, 5) is 177. The zero-order valence-electron chi connectivity index (χ0n) is 35.0. The largest absolute Gasteiger partial charge is 0.481 e. The summed E-state index contributed by atoms with van der Waals surface area (Å²) in [7, 11) is 0. The second-order valence-corrected chi connectivity index (χ2v) is 14.5. The standard InChI is InChI=1S/C38H43F2N7O21/c1-13(48)42-22(10-26(51)52)33(59)46-21(8-16(36(63)64)37(65)66)32(58)45-20(7-14-12-41-17-4-2-3-15(28(14)17)35(61)62)31(57)43-18(5-6-25(49)50)30(56)47-23(11-27(53)54)34(60)44-19(9-24(39)40)29(55)38(67)68/h2-4,12,16,18-24,41H,5-11H2,1H3,(H,42,48)(H,43,57)(H,44,60)(H,45,58)(H,46,59)(H,47,56)(H,49,50)(H,51,52)(H,53,54)(H,61,62)(H,63,64)(H,65,66)(H,67,68)/t18-,19-,20-,21+,22-,23-/m0/s1. The average Bonchev–Trinajstić information content (AvgIpc) is 3.63. The first kappa shape index (κ1) is 55.5. The molecule has 0 saturated carbocycles. The molecule has 0 unspecified atom stereocenters. The second kappa shape index (κ2) is 25.2. The zero-order chi connectivity index (χ0) is 51.7. The average molecular weight is 972 g/mol. The van der Waals surface area contributed by atoms with Gasteiger partial charge in [0, 0.05) is 49.7 Å². The number of carbonyl (C=O) groups is 14. The van der Waals surface area contributed by atoms with Crippen LogP contribution < -0.4 is 31.9 Å². The molecule has 6 amide bonds. The summed E-state index contributed by atoms with van der Waals surface area (Å²) in [5.74, 6) is -26.5. The molecular weight excluding hydrogens is 928 g/mol. The number of amides is 6. The van der Waals surface area contributed by atoms with E-state index >= 15 is 0 Å². The molecule has 0 fully saturated rings. The van der Waals surface area contributed by atoms with E-state index < -0.39 is 177 Å². The van der Waals surface area contributed by atoms with E-state index in [2.05, 4.69) is 10.3 Å². The maximum atomic E-state index is 14.2. The number of aliphatic carboxylic acids is 6. The third-order valence-corrected chi connectivity index (χ3v) is 9.40. The van der Waals surface area contributed by atoms with Gasteiger partial charge < -0.3 is 72.6 Å². The van der Waals surface area contributed by atoms with Crippen LogP contribution in [0.1, 0.15) is 61.4 Å². The van der Waals surface area contributed by atoms with Gasteiger partial charge in [0.25, 0.3) is 5.78 Å². The molecule has 0 aliphatic rings. The number of Topliss-reactive ketones (excluding diaryl/α,β-unsaturated/α-hetero) is 1. The Morgan fingerprint density at radius 3 is 1.53 bits per heavy atom. The van der Waals surface area contributed by atoms with Crippen LogP contribution in [0.4, 0.5) is 8.78 Å². The van der Waals surface area contributed by atoms with Crippen molar-refractivity contribution in [2.45, 2.75) is 94.5 Å². The summed E-state index contributed by atoms with van der Waals surface area (Å²) in [5.41, 5.74) is -0.352. The number of rotatable bonds is 29. The van der Waals surface area contributed by atoms with E-state index in [1.807, 2.05) is 21.3 Å². The number of aromatic amines is 1. The molecule has 0 aliphatic heterocycles. The van der Waals surface area contributed by atoms with E-state index in [0.717, 1.165) is 19.2 Å².